The number of hydrogen-bond acceptors (Lipinski definition) is 4. The molecule has 1 aliphatic heterocycles. The van der Waals surface area contributed by atoms with Gasteiger partial charge in [-0.3, -0.25) is 14.5 Å². The minimum Gasteiger partial charge on any atom is -0.481 e. The fourth-order valence-electron chi connectivity index (χ4n) is 1.42. The van der Waals surface area contributed by atoms with Crippen molar-refractivity contribution in [3.8, 4) is 0 Å². The summed E-state index contributed by atoms with van der Waals surface area (Å²) in [5.41, 5.74) is 0. The molecule has 0 amide bonds. The van der Waals surface area contributed by atoms with Gasteiger partial charge in [-0.1, -0.05) is 0 Å². The lowest BCUT2D eigenvalue weighted by Gasteiger charge is -2.41. The smallest absolute Gasteiger partial charge is 0.306 e. The van der Waals surface area contributed by atoms with E-state index in [1.54, 1.807) is 0 Å². The molecule has 0 radical (unpaired) electrons. The van der Waals surface area contributed by atoms with Gasteiger partial charge in [-0.2, -0.15) is 0 Å². The Morgan fingerprint density at radius 3 is 2.47 bits per heavy atom. The lowest BCUT2D eigenvalue weighted by Crippen LogP contribution is -2.55. The molecule has 1 saturated heterocycles. The van der Waals surface area contributed by atoms with Crippen molar-refractivity contribution in [1.82, 2.24) is 4.90 Å². The number of ether oxygens (including phenoxy) is 1. The van der Waals surface area contributed by atoms with Crippen LogP contribution in [0.2, 0.25) is 0 Å². The second kappa shape index (κ2) is 5.11. The van der Waals surface area contributed by atoms with Crippen molar-refractivity contribution in [2.24, 2.45) is 0 Å². The number of nitrogens with zero attached hydrogens (tertiary/aromatic N) is 1. The maximum atomic E-state index is 11.1. The summed E-state index contributed by atoms with van der Waals surface area (Å²) in [4.78, 5) is 23.5. The summed E-state index contributed by atoms with van der Waals surface area (Å²) >= 11 is 0. The van der Waals surface area contributed by atoms with Crippen LogP contribution in [-0.4, -0.2) is 47.2 Å². The Labute approximate surface area is 89.0 Å². The van der Waals surface area contributed by atoms with Gasteiger partial charge >= 0.3 is 11.9 Å². The molecule has 0 saturated carbocycles. The van der Waals surface area contributed by atoms with E-state index in [2.05, 4.69) is 18.7 Å². The molecule has 1 fully saturated rings. The third kappa shape index (κ3) is 3.87. The molecule has 0 aromatic carbocycles. The molecule has 5 heteroatoms. The van der Waals surface area contributed by atoms with Gasteiger partial charge in [0.15, 0.2) is 0 Å². The third-order valence-corrected chi connectivity index (χ3v) is 2.45. The van der Waals surface area contributed by atoms with Crippen molar-refractivity contribution >= 4 is 11.9 Å². The van der Waals surface area contributed by atoms with Gasteiger partial charge in [0.1, 0.15) is 6.10 Å². The van der Waals surface area contributed by atoms with E-state index in [4.69, 9.17) is 9.84 Å². The third-order valence-electron chi connectivity index (χ3n) is 2.45. The highest BCUT2D eigenvalue weighted by Gasteiger charge is 2.31. The Bertz CT molecular complexity index is 246. The summed E-state index contributed by atoms with van der Waals surface area (Å²) in [6.45, 7) is 5.69. The molecule has 15 heavy (non-hydrogen) atoms. The molecule has 0 atom stereocenters. The molecule has 0 bridgehead atoms. The van der Waals surface area contributed by atoms with Gasteiger partial charge < -0.3 is 9.84 Å². The lowest BCUT2D eigenvalue weighted by molar-refractivity contribution is -0.160. The largest absolute Gasteiger partial charge is 0.481 e. The summed E-state index contributed by atoms with van der Waals surface area (Å²) in [6.07, 6.45) is -0.235. The van der Waals surface area contributed by atoms with E-state index in [1.165, 1.54) is 0 Å². The quantitative estimate of drug-likeness (QED) is 0.676. The molecular weight excluding hydrogens is 198 g/mol. The fourth-order valence-corrected chi connectivity index (χ4v) is 1.42. The maximum Gasteiger partial charge on any atom is 0.306 e. The second-order valence-electron chi connectivity index (χ2n) is 4.05. The predicted octanol–water partition coefficient (Wildman–Crippen LogP) is 0.487. The number of aliphatic carboxylic acids is 1. The SMILES string of the molecule is CC(C)N1CC(OC(=O)CCC(=O)O)C1. The van der Waals surface area contributed by atoms with Crippen LogP contribution in [0.3, 0.4) is 0 Å². The number of carboxylic acids is 1. The van der Waals surface area contributed by atoms with E-state index in [0.29, 0.717) is 6.04 Å². The molecule has 1 aliphatic rings. The van der Waals surface area contributed by atoms with Crippen LogP contribution in [0.25, 0.3) is 0 Å². The van der Waals surface area contributed by atoms with Crippen LogP contribution in [0.1, 0.15) is 26.7 Å². The van der Waals surface area contributed by atoms with Crippen LogP contribution in [0.15, 0.2) is 0 Å². The summed E-state index contributed by atoms with van der Waals surface area (Å²) in [6, 6.07) is 0.471. The van der Waals surface area contributed by atoms with Crippen LogP contribution < -0.4 is 0 Å². The van der Waals surface area contributed by atoms with Gasteiger partial charge in [-0.15, -0.1) is 0 Å². The number of likely N-dealkylation sites (tertiary alicyclic amines) is 1. The molecule has 0 unspecified atom stereocenters. The normalized spacial score (nSPS) is 17.5. The zero-order valence-electron chi connectivity index (χ0n) is 9.10. The topological polar surface area (TPSA) is 66.8 Å². The average molecular weight is 215 g/mol. The van der Waals surface area contributed by atoms with Crippen molar-refractivity contribution in [3.05, 3.63) is 0 Å². The van der Waals surface area contributed by atoms with E-state index in [1.807, 2.05) is 0 Å². The van der Waals surface area contributed by atoms with Crippen molar-refractivity contribution in [1.29, 1.82) is 0 Å². The molecule has 86 valence electrons. The fraction of sp³-hybridized carbons (Fsp3) is 0.800. The van der Waals surface area contributed by atoms with Gasteiger partial charge in [0.05, 0.1) is 12.8 Å². The number of hydrogen-bond donors (Lipinski definition) is 1. The molecule has 1 heterocycles. The number of carboxylic acid groups (broad SMARTS) is 1. The highest BCUT2D eigenvalue weighted by molar-refractivity contribution is 5.76. The minimum atomic E-state index is -0.968. The highest BCUT2D eigenvalue weighted by atomic mass is 16.5. The van der Waals surface area contributed by atoms with Crippen LogP contribution >= 0.6 is 0 Å². The van der Waals surface area contributed by atoms with E-state index < -0.39 is 11.9 Å². The van der Waals surface area contributed by atoms with Gasteiger partial charge in [0, 0.05) is 19.1 Å². The Morgan fingerprint density at radius 2 is 2.00 bits per heavy atom. The zero-order chi connectivity index (χ0) is 11.4. The van der Waals surface area contributed by atoms with Crippen LogP contribution in [0.4, 0.5) is 0 Å². The molecule has 0 spiro atoms. The van der Waals surface area contributed by atoms with Crippen molar-refractivity contribution in [2.75, 3.05) is 13.1 Å². The minimum absolute atomic E-state index is 0.0342. The van der Waals surface area contributed by atoms with E-state index in [9.17, 15) is 9.59 Å². The van der Waals surface area contributed by atoms with Crippen LogP contribution in [0.5, 0.6) is 0 Å². The molecule has 0 aliphatic carbocycles. The van der Waals surface area contributed by atoms with E-state index in [0.717, 1.165) is 13.1 Å². The predicted molar refractivity (Wildman–Crippen MR) is 53.5 cm³/mol. The Morgan fingerprint density at radius 1 is 1.40 bits per heavy atom. The molecule has 1 N–H and O–H groups in total. The number of carbonyl (C=O) groups is 2. The second-order valence-corrected chi connectivity index (χ2v) is 4.05. The van der Waals surface area contributed by atoms with Gasteiger partial charge in [-0.05, 0) is 13.8 Å². The Kier molecular flexibility index (Phi) is 4.08. The van der Waals surface area contributed by atoms with E-state index in [-0.39, 0.29) is 18.9 Å². The summed E-state index contributed by atoms with van der Waals surface area (Å²) in [5.74, 6) is -1.38. The number of rotatable bonds is 5. The van der Waals surface area contributed by atoms with Crippen LogP contribution in [0, 0.1) is 0 Å². The van der Waals surface area contributed by atoms with E-state index >= 15 is 0 Å². The first kappa shape index (κ1) is 12.0. The summed E-state index contributed by atoms with van der Waals surface area (Å²) in [7, 11) is 0. The van der Waals surface area contributed by atoms with Crippen molar-refractivity contribution in [3.63, 3.8) is 0 Å². The standard InChI is InChI=1S/C10H17NO4/c1-7(2)11-5-8(6-11)15-10(14)4-3-9(12)13/h7-8H,3-6H2,1-2H3,(H,12,13). The average Bonchev–Trinajstić information content (AvgIpc) is 2.06. The Balaban J connectivity index is 2.11. The van der Waals surface area contributed by atoms with Gasteiger partial charge in [0.2, 0.25) is 0 Å². The molecular formula is C10H17NO4. The molecule has 0 aromatic heterocycles. The molecule has 5 nitrogen and oxygen atoms in total. The first-order valence-corrected chi connectivity index (χ1v) is 5.14. The van der Waals surface area contributed by atoms with Crippen molar-refractivity contribution < 1.29 is 19.4 Å². The maximum absolute atomic E-state index is 11.1. The number of carbonyl (C=O) groups excluding carboxylic acids is 1. The van der Waals surface area contributed by atoms with Gasteiger partial charge in [-0.25, -0.2) is 0 Å². The summed E-state index contributed by atoms with van der Waals surface area (Å²) < 4.78 is 5.07. The van der Waals surface area contributed by atoms with Gasteiger partial charge in [0.25, 0.3) is 0 Å². The monoisotopic (exact) mass is 215 g/mol. The Hall–Kier alpha value is -1.10. The van der Waals surface area contributed by atoms with Crippen LogP contribution in [-0.2, 0) is 14.3 Å². The van der Waals surface area contributed by atoms with Crippen molar-refractivity contribution in [2.45, 2.75) is 38.8 Å². The summed E-state index contributed by atoms with van der Waals surface area (Å²) in [5, 5.41) is 8.37. The number of esters is 1. The highest BCUT2D eigenvalue weighted by Crippen LogP contribution is 2.15. The first-order valence-electron chi connectivity index (χ1n) is 5.14. The lowest BCUT2D eigenvalue weighted by atomic mass is 10.1. The zero-order valence-corrected chi connectivity index (χ0v) is 9.10. The first-order chi connectivity index (χ1) is 6.99. The molecule has 0 aromatic rings. The molecule has 1 rings (SSSR count).